The molecule has 0 aromatic heterocycles. The van der Waals surface area contributed by atoms with Gasteiger partial charge in [0.2, 0.25) is 0 Å². The largest absolute Gasteiger partial charge is 0.380 e. The van der Waals surface area contributed by atoms with Crippen molar-refractivity contribution >= 4 is 0 Å². The van der Waals surface area contributed by atoms with Gasteiger partial charge < -0.3 is 10.1 Å². The highest BCUT2D eigenvalue weighted by Gasteiger charge is 2.38. The van der Waals surface area contributed by atoms with Crippen molar-refractivity contribution in [3.05, 3.63) is 0 Å². The Kier molecular flexibility index (Phi) is 4.45. The Hall–Kier alpha value is -0.120. The average Bonchev–Trinajstić information content (AvgIpc) is 2.35. The lowest BCUT2D eigenvalue weighted by atomic mass is 9.79. The third-order valence-electron chi connectivity index (χ3n) is 4.61. The second kappa shape index (κ2) is 5.68. The molecule has 2 unspecified atom stereocenters. The quantitative estimate of drug-likeness (QED) is 0.817. The molecule has 100 valence electrons. The first-order valence-corrected chi connectivity index (χ1v) is 7.17. The third kappa shape index (κ3) is 3.21. The van der Waals surface area contributed by atoms with Gasteiger partial charge in [-0.25, -0.2) is 0 Å². The van der Waals surface area contributed by atoms with E-state index in [4.69, 9.17) is 4.74 Å². The first-order valence-electron chi connectivity index (χ1n) is 7.17. The molecule has 2 fully saturated rings. The summed E-state index contributed by atoms with van der Waals surface area (Å²) in [6, 6.07) is 0.639. The summed E-state index contributed by atoms with van der Waals surface area (Å²) in [5, 5.41) is 3.82. The molecule has 1 heterocycles. The van der Waals surface area contributed by atoms with E-state index in [0.717, 1.165) is 13.1 Å². The van der Waals surface area contributed by atoms with Crippen LogP contribution in [0, 0.1) is 0 Å². The van der Waals surface area contributed by atoms with Crippen LogP contribution in [-0.4, -0.2) is 49.3 Å². The molecule has 1 N–H and O–H groups in total. The molecule has 1 saturated heterocycles. The van der Waals surface area contributed by atoms with E-state index < -0.39 is 0 Å². The molecule has 0 bridgehead atoms. The van der Waals surface area contributed by atoms with Crippen molar-refractivity contribution in [1.29, 1.82) is 0 Å². The summed E-state index contributed by atoms with van der Waals surface area (Å²) in [5.74, 6) is 0. The molecule has 1 saturated carbocycles. The fourth-order valence-electron chi connectivity index (χ4n) is 3.31. The maximum atomic E-state index is 5.41. The second-order valence-corrected chi connectivity index (χ2v) is 6.05. The van der Waals surface area contributed by atoms with Crippen LogP contribution in [-0.2, 0) is 4.74 Å². The summed E-state index contributed by atoms with van der Waals surface area (Å²) in [6.07, 6.45) is 7.28. The first kappa shape index (κ1) is 13.3. The summed E-state index contributed by atoms with van der Waals surface area (Å²) >= 11 is 0. The van der Waals surface area contributed by atoms with Crippen molar-refractivity contribution in [2.45, 2.75) is 63.6 Å². The average molecular weight is 240 g/mol. The molecular weight excluding hydrogens is 212 g/mol. The standard InChI is InChI=1S/C14H28N2O/c1-12-9-15-14(7-5-4-6-8-14)11-16(12)10-13(2)17-3/h12-13,15H,4-11H2,1-3H3. The van der Waals surface area contributed by atoms with E-state index in [1.807, 2.05) is 7.11 Å². The van der Waals surface area contributed by atoms with Crippen LogP contribution in [0.5, 0.6) is 0 Å². The van der Waals surface area contributed by atoms with E-state index in [0.29, 0.717) is 17.7 Å². The van der Waals surface area contributed by atoms with Crippen LogP contribution in [0.3, 0.4) is 0 Å². The molecule has 3 nitrogen and oxygen atoms in total. The first-order chi connectivity index (χ1) is 8.15. The van der Waals surface area contributed by atoms with E-state index in [-0.39, 0.29) is 0 Å². The van der Waals surface area contributed by atoms with E-state index in [1.165, 1.54) is 38.6 Å². The summed E-state index contributed by atoms with van der Waals surface area (Å²) < 4.78 is 5.41. The zero-order valence-corrected chi connectivity index (χ0v) is 11.7. The molecule has 1 spiro atoms. The molecule has 0 aromatic carbocycles. The molecule has 2 rings (SSSR count). The van der Waals surface area contributed by atoms with Gasteiger partial charge in [-0.2, -0.15) is 0 Å². The third-order valence-corrected chi connectivity index (χ3v) is 4.61. The van der Waals surface area contributed by atoms with Crippen molar-refractivity contribution in [2.75, 3.05) is 26.7 Å². The smallest absolute Gasteiger partial charge is 0.0670 e. The molecule has 0 amide bonds. The zero-order chi connectivity index (χ0) is 12.3. The Balaban J connectivity index is 1.95. The van der Waals surface area contributed by atoms with Gasteiger partial charge in [-0.3, -0.25) is 4.90 Å². The number of nitrogens with one attached hydrogen (secondary N) is 1. The lowest BCUT2D eigenvalue weighted by molar-refractivity contribution is 0.0151. The maximum Gasteiger partial charge on any atom is 0.0670 e. The van der Waals surface area contributed by atoms with Crippen LogP contribution in [0.4, 0.5) is 0 Å². The van der Waals surface area contributed by atoms with Crippen molar-refractivity contribution in [2.24, 2.45) is 0 Å². The number of ether oxygens (including phenoxy) is 1. The number of hydrogen-bond donors (Lipinski definition) is 1. The Morgan fingerprint density at radius 1 is 1.35 bits per heavy atom. The number of rotatable bonds is 3. The van der Waals surface area contributed by atoms with Crippen molar-refractivity contribution in [3.8, 4) is 0 Å². The van der Waals surface area contributed by atoms with E-state index in [9.17, 15) is 0 Å². The molecule has 2 atom stereocenters. The van der Waals surface area contributed by atoms with Gasteiger partial charge in [0.1, 0.15) is 0 Å². The summed E-state index contributed by atoms with van der Waals surface area (Å²) in [4.78, 5) is 2.62. The minimum atomic E-state index is 0.344. The molecule has 0 radical (unpaired) electrons. The molecule has 2 aliphatic rings. The lowest BCUT2D eigenvalue weighted by Crippen LogP contribution is -2.64. The number of nitrogens with zero attached hydrogens (tertiary/aromatic N) is 1. The van der Waals surface area contributed by atoms with Crippen LogP contribution in [0.1, 0.15) is 46.0 Å². The second-order valence-electron chi connectivity index (χ2n) is 6.05. The monoisotopic (exact) mass is 240 g/mol. The van der Waals surface area contributed by atoms with Gasteiger partial charge in [0, 0.05) is 38.3 Å². The molecular formula is C14H28N2O. The van der Waals surface area contributed by atoms with E-state index in [1.54, 1.807) is 0 Å². The van der Waals surface area contributed by atoms with Crippen LogP contribution >= 0.6 is 0 Å². The molecule has 0 aromatic rings. The van der Waals surface area contributed by atoms with Crippen LogP contribution in [0.25, 0.3) is 0 Å². The van der Waals surface area contributed by atoms with Gasteiger partial charge in [-0.15, -0.1) is 0 Å². The van der Waals surface area contributed by atoms with Gasteiger partial charge in [0.05, 0.1) is 6.10 Å². The van der Waals surface area contributed by atoms with E-state index in [2.05, 4.69) is 24.1 Å². The highest BCUT2D eigenvalue weighted by Crippen LogP contribution is 2.31. The van der Waals surface area contributed by atoms with Crippen LogP contribution in [0.15, 0.2) is 0 Å². The van der Waals surface area contributed by atoms with Crippen molar-refractivity contribution in [3.63, 3.8) is 0 Å². The fraction of sp³-hybridized carbons (Fsp3) is 1.00. The minimum absolute atomic E-state index is 0.344. The molecule has 17 heavy (non-hydrogen) atoms. The molecule has 3 heteroatoms. The molecule has 1 aliphatic carbocycles. The highest BCUT2D eigenvalue weighted by molar-refractivity contribution is 4.99. The summed E-state index contributed by atoms with van der Waals surface area (Å²) in [7, 11) is 1.81. The zero-order valence-electron chi connectivity index (χ0n) is 11.7. The SMILES string of the molecule is COC(C)CN1CC2(CCCCC2)NCC1C. The predicted molar refractivity (Wildman–Crippen MR) is 71.3 cm³/mol. The normalized spacial score (nSPS) is 31.6. The minimum Gasteiger partial charge on any atom is -0.380 e. The highest BCUT2D eigenvalue weighted by atomic mass is 16.5. The fourth-order valence-corrected chi connectivity index (χ4v) is 3.31. The number of hydrogen-bond acceptors (Lipinski definition) is 3. The van der Waals surface area contributed by atoms with Crippen molar-refractivity contribution in [1.82, 2.24) is 10.2 Å². The summed E-state index contributed by atoms with van der Waals surface area (Å²) in [5.41, 5.74) is 0.415. The van der Waals surface area contributed by atoms with Crippen LogP contribution in [0.2, 0.25) is 0 Å². The van der Waals surface area contributed by atoms with Crippen molar-refractivity contribution < 1.29 is 4.74 Å². The lowest BCUT2D eigenvalue weighted by Gasteiger charge is -2.49. The molecule has 1 aliphatic heterocycles. The van der Waals surface area contributed by atoms with E-state index >= 15 is 0 Å². The van der Waals surface area contributed by atoms with Gasteiger partial charge >= 0.3 is 0 Å². The van der Waals surface area contributed by atoms with Gasteiger partial charge in [0.25, 0.3) is 0 Å². The Morgan fingerprint density at radius 2 is 2.06 bits per heavy atom. The Bertz CT molecular complexity index is 238. The summed E-state index contributed by atoms with van der Waals surface area (Å²) in [6.45, 7) is 7.91. The Labute approximate surface area is 106 Å². The number of piperazine rings is 1. The topological polar surface area (TPSA) is 24.5 Å². The number of methoxy groups -OCH3 is 1. The Morgan fingerprint density at radius 3 is 2.71 bits per heavy atom. The maximum absolute atomic E-state index is 5.41. The van der Waals surface area contributed by atoms with Gasteiger partial charge in [-0.1, -0.05) is 19.3 Å². The van der Waals surface area contributed by atoms with Crippen LogP contribution < -0.4 is 5.32 Å². The van der Waals surface area contributed by atoms with Gasteiger partial charge in [-0.05, 0) is 26.7 Å². The predicted octanol–water partition coefficient (Wildman–Crippen LogP) is 2.02. The van der Waals surface area contributed by atoms with Gasteiger partial charge in [0.15, 0.2) is 0 Å².